The first-order valence-corrected chi connectivity index (χ1v) is 16.7. The molecule has 14 heteroatoms. The van der Waals surface area contributed by atoms with Crippen molar-refractivity contribution in [1.29, 1.82) is 0 Å². The van der Waals surface area contributed by atoms with E-state index in [1.54, 1.807) is 12.1 Å². The number of aryl methyl sites for hydroxylation is 1. The monoisotopic (exact) mass is 784 g/mol. The summed E-state index contributed by atoms with van der Waals surface area (Å²) in [4.78, 5) is 0. The first-order valence-electron chi connectivity index (χ1n) is 16.3. The van der Waals surface area contributed by atoms with Gasteiger partial charge in [-0.25, -0.2) is 26.3 Å². The Labute approximate surface area is 307 Å². The number of allylic oxidation sites excluding steroid dienone is 1. The molecular weight excluding hydrogens is 757 g/mol. The molecule has 0 unspecified atom stereocenters. The van der Waals surface area contributed by atoms with Gasteiger partial charge >= 0.3 is 12.5 Å². The highest BCUT2D eigenvalue weighted by molar-refractivity contribution is 6.31. The van der Waals surface area contributed by atoms with Crippen LogP contribution in [0.15, 0.2) is 91.5 Å². The van der Waals surface area contributed by atoms with Gasteiger partial charge in [-0.3, -0.25) is 0 Å². The van der Waals surface area contributed by atoms with Crippen LogP contribution in [-0.2, 0) is 12.5 Å². The van der Waals surface area contributed by atoms with Gasteiger partial charge in [-0.1, -0.05) is 54.8 Å². The third-order valence-electron chi connectivity index (χ3n) is 8.29. The standard InChI is InChI=1S/C40H28ClF11O2/c1-2-3-4-5-6-7-8-22-9-11-23(12-10-22)24-16-31(43)36(32(44)17-24)26-15-29(41)37(33(45)20-26)39(48,49)53-27-13-14-28(30(42)21-27)25-18-34(46)38(35(47)19-25)54-40(50,51)52/h2,9-21H,1,3-8H2. The van der Waals surface area contributed by atoms with Crippen molar-refractivity contribution in [3.05, 3.63) is 143 Å². The number of benzene rings is 5. The van der Waals surface area contributed by atoms with E-state index in [0.717, 1.165) is 62.3 Å². The van der Waals surface area contributed by atoms with Crippen LogP contribution in [-0.4, -0.2) is 6.36 Å². The fraction of sp³-hybridized carbons (Fsp3) is 0.200. The zero-order valence-corrected chi connectivity index (χ0v) is 28.6. The SMILES string of the molecule is C=CCCCCCCc1ccc(-c2cc(F)c(-c3cc(F)c(C(F)(F)Oc4ccc(-c5cc(F)c(OC(F)(F)F)c(F)c5)c(F)c4)c(Cl)c3)c(F)c2)cc1. The van der Waals surface area contributed by atoms with Crippen molar-refractivity contribution >= 4 is 11.6 Å². The predicted molar refractivity (Wildman–Crippen MR) is 182 cm³/mol. The number of unbranched alkanes of at least 4 members (excludes halogenated alkanes) is 4. The maximum Gasteiger partial charge on any atom is 0.573 e. The molecule has 0 saturated carbocycles. The predicted octanol–water partition coefficient (Wildman–Crippen LogP) is 13.9. The van der Waals surface area contributed by atoms with Gasteiger partial charge in [0.1, 0.15) is 34.6 Å². The summed E-state index contributed by atoms with van der Waals surface area (Å²) in [5.74, 6) is -11.8. The maximum absolute atomic E-state index is 15.4. The van der Waals surface area contributed by atoms with Crippen molar-refractivity contribution in [2.24, 2.45) is 0 Å². The van der Waals surface area contributed by atoms with Gasteiger partial charge in [0.15, 0.2) is 11.6 Å². The Morgan fingerprint density at radius 3 is 1.74 bits per heavy atom. The number of halogens is 12. The van der Waals surface area contributed by atoms with E-state index >= 15 is 22.0 Å². The lowest BCUT2D eigenvalue weighted by Crippen LogP contribution is -2.24. The third-order valence-corrected chi connectivity index (χ3v) is 8.59. The van der Waals surface area contributed by atoms with Crippen molar-refractivity contribution in [3.8, 4) is 44.9 Å². The lowest BCUT2D eigenvalue weighted by Gasteiger charge is -2.21. The van der Waals surface area contributed by atoms with Crippen LogP contribution in [0.1, 0.15) is 43.2 Å². The Balaban J connectivity index is 1.33. The molecular formula is C40H28ClF11O2. The number of rotatable bonds is 14. The molecule has 0 aromatic heterocycles. The molecule has 0 aliphatic heterocycles. The topological polar surface area (TPSA) is 18.5 Å². The summed E-state index contributed by atoms with van der Waals surface area (Å²) in [6.45, 7) is 3.70. The van der Waals surface area contributed by atoms with E-state index in [1.807, 2.05) is 18.2 Å². The van der Waals surface area contributed by atoms with E-state index in [1.165, 1.54) is 0 Å². The summed E-state index contributed by atoms with van der Waals surface area (Å²) < 4.78 is 165. The molecule has 0 N–H and O–H groups in total. The molecule has 0 spiro atoms. The van der Waals surface area contributed by atoms with E-state index < -0.39 is 91.7 Å². The summed E-state index contributed by atoms with van der Waals surface area (Å²) in [7, 11) is 0. The first-order chi connectivity index (χ1) is 25.5. The Morgan fingerprint density at radius 1 is 0.574 bits per heavy atom. The van der Waals surface area contributed by atoms with Crippen LogP contribution in [0.25, 0.3) is 33.4 Å². The molecule has 0 atom stereocenters. The average Bonchev–Trinajstić information content (AvgIpc) is 3.07. The van der Waals surface area contributed by atoms with Gasteiger partial charge in [-0.2, -0.15) is 8.78 Å². The van der Waals surface area contributed by atoms with E-state index in [-0.39, 0.29) is 5.56 Å². The van der Waals surface area contributed by atoms with E-state index in [0.29, 0.717) is 42.0 Å². The fourth-order valence-electron chi connectivity index (χ4n) is 5.77. The second-order valence-electron chi connectivity index (χ2n) is 12.1. The Bertz CT molecular complexity index is 2080. The van der Waals surface area contributed by atoms with E-state index in [2.05, 4.69) is 16.1 Å². The van der Waals surface area contributed by atoms with Crippen LogP contribution in [0.4, 0.5) is 48.3 Å². The minimum atomic E-state index is -5.43. The summed E-state index contributed by atoms with van der Waals surface area (Å²) in [6, 6.07) is 12.7. The number of ether oxygens (including phenoxy) is 2. The molecule has 0 saturated heterocycles. The second kappa shape index (κ2) is 16.5. The Kier molecular flexibility index (Phi) is 12.3. The van der Waals surface area contributed by atoms with Crippen LogP contribution in [0.5, 0.6) is 11.5 Å². The highest BCUT2D eigenvalue weighted by atomic mass is 35.5. The van der Waals surface area contributed by atoms with E-state index in [4.69, 9.17) is 11.6 Å². The molecule has 0 aliphatic carbocycles. The molecule has 0 heterocycles. The summed E-state index contributed by atoms with van der Waals surface area (Å²) in [5, 5.41) is -1.00. The highest BCUT2D eigenvalue weighted by Crippen LogP contribution is 2.42. The molecule has 5 rings (SSSR count). The molecule has 0 bridgehead atoms. The minimum absolute atomic E-state index is 0.175. The highest BCUT2D eigenvalue weighted by Gasteiger charge is 2.41. The zero-order valence-electron chi connectivity index (χ0n) is 27.9. The maximum atomic E-state index is 15.4. The number of hydrogen-bond acceptors (Lipinski definition) is 2. The van der Waals surface area contributed by atoms with Crippen molar-refractivity contribution in [1.82, 2.24) is 0 Å². The Hall–Kier alpha value is -5.04. The van der Waals surface area contributed by atoms with Gasteiger partial charge < -0.3 is 9.47 Å². The minimum Gasteiger partial charge on any atom is -0.429 e. The third kappa shape index (κ3) is 9.54. The van der Waals surface area contributed by atoms with Crippen molar-refractivity contribution in [3.63, 3.8) is 0 Å². The van der Waals surface area contributed by atoms with Gasteiger partial charge in [-0.15, -0.1) is 19.8 Å². The molecule has 0 fully saturated rings. The molecule has 0 amide bonds. The normalized spacial score (nSPS) is 11.9. The van der Waals surface area contributed by atoms with E-state index in [9.17, 15) is 26.3 Å². The van der Waals surface area contributed by atoms with Crippen LogP contribution in [0.3, 0.4) is 0 Å². The zero-order chi connectivity index (χ0) is 39.4. The lowest BCUT2D eigenvalue weighted by atomic mass is 9.96. The fourth-order valence-corrected chi connectivity index (χ4v) is 6.09. The second-order valence-corrected chi connectivity index (χ2v) is 12.6. The summed E-state index contributed by atoms with van der Waals surface area (Å²) >= 11 is 5.99. The number of hydrogen-bond donors (Lipinski definition) is 0. The van der Waals surface area contributed by atoms with Crippen molar-refractivity contribution < 1.29 is 57.8 Å². The van der Waals surface area contributed by atoms with Gasteiger partial charge in [0.25, 0.3) is 0 Å². The molecule has 54 heavy (non-hydrogen) atoms. The first kappa shape index (κ1) is 40.2. The van der Waals surface area contributed by atoms with Crippen molar-refractivity contribution in [2.75, 3.05) is 0 Å². The quantitative estimate of drug-likeness (QED) is 0.0634. The molecule has 5 aromatic carbocycles. The summed E-state index contributed by atoms with van der Waals surface area (Å²) in [5.41, 5.74) is -2.34. The molecule has 0 aliphatic rings. The van der Waals surface area contributed by atoms with Crippen LogP contribution < -0.4 is 9.47 Å². The average molecular weight is 785 g/mol. The molecule has 284 valence electrons. The molecule has 2 nitrogen and oxygen atoms in total. The van der Waals surface area contributed by atoms with Gasteiger partial charge in [0.2, 0.25) is 5.75 Å². The molecule has 5 aromatic rings. The van der Waals surface area contributed by atoms with Gasteiger partial charge in [0, 0.05) is 11.6 Å². The van der Waals surface area contributed by atoms with Crippen molar-refractivity contribution in [2.45, 2.75) is 51.0 Å². The largest absolute Gasteiger partial charge is 0.573 e. The van der Waals surface area contributed by atoms with Gasteiger partial charge in [-0.05, 0) is 102 Å². The Morgan fingerprint density at radius 2 is 1.17 bits per heavy atom. The smallest absolute Gasteiger partial charge is 0.429 e. The lowest BCUT2D eigenvalue weighted by molar-refractivity contribution is -0.276. The van der Waals surface area contributed by atoms with Crippen LogP contribution in [0.2, 0.25) is 5.02 Å². The summed E-state index contributed by atoms with van der Waals surface area (Å²) in [6.07, 6.45) is -2.15. The van der Waals surface area contributed by atoms with Crippen LogP contribution >= 0.6 is 11.6 Å². The number of alkyl halides is 5. The molecule has 0 radical (unpaired) electrons. The van der Waals surface area contributed by atoms with Gasteiger partial charge in [0.05, 0.1) is 10.6 Å². The van der Waals surface area contributed by atoms with Crippen LogP contribution in [0, 0.1) is 34.9 Å².